The summed E-state index contributed by atoms with van der Waals surface area (Å²) in [7, 11) is 2.08. The van der Waals surface area contributed by atoms with E-state index >= 15 is 0 Å². The number of hydrogen-bond donors (Lipinski definition) is 1. The summed E-state index contributed by atoms with van der Waals surface area (Å²) in [4.78, 5) is 0. The van der Waals surface area contributed by atoms with Crippen LogP contribution in [0, 0.1) is 0 Å². The Morgan fingerprint density at radius 2 is 1.88 bits per heavy atom. The van der Waals surface area contributed by atoms with E-state index < -0.39 is 0 Å². The highest BCUT2D eigenvalue weighted by molar-refractivity contribution is 5.26. The summed E-state index contributed by atoms with van der Waals surface area (Å²) < 4.78 is 0. The van der Waals surface area contributed by atoms with Gasteiger partial charge in [0.2, 0.25) is 0 Å². The van der Waals surface area contributed by atoms with Crippen molar-refractivity contribution in [3.05, 3.63) is 47.5 Å². The first-order chi connectivity index (χ1) is 8.33. The lowest BCUT2D eigenvalue weighted by molar-refractivity contribution is 0.509. The summed E-state index contributed by atoms with van der Waals surface area (Å²) in [6.45, 7) is 2.33. The third kappa shape index (κ3) is 2.98. The number of likely N-dealkylation sites (N-methyl/N-ethyl adjacent to an activating group) is 1. The largest absolute Gasteiger partial charge is 0.313 e. The van der Waals surface area contributed by atoms with Gasteiger partial charge in [-0.15, -0.1) is 0 Å². The van der Waals surface area contributed by atoms with Crippen LogP contribution in [0.4, 0.5) is 0 Å². The maximum atomic E-state index is 3.50. The molecule has 92 valence electrons. The van der Waals surface area contributed by atoms with Gasteiger partial charge in [-0.2, -0.15) is 0 Å². The average molecular weight is 229 g/mol. The summed E-state index contributed by atoms with van der Waals surface area (Å²) in [6.07, 6.45) is 7.69. The summed E-state index contributed by atoms with van der Waals surface area (Å²) in [6, 6.07) is 11.3. The molecule has 0 aliphatic heterocycles. The summed E-state index contributed by atoms with van der Waals surface area (Å²) in [5.41, 5.74) is 3.04. The van der Waals surface area contributed by atoms with Crippen LogP contribution in [0.25, 0.3) is 0 Å². The summed E-state index contributed by atoms with van der Waals surface area (Å²) >= 11 is 0. The number of hydrogen-bond acceptors (Lipinski definition) is 1. The zero-order chi connectivity index (χ0) is 12.1. The Labute approximate surface area is 105 Å². The lowest BCUT2D eigenvalue weighted by Crippen LogP contribution is -2.33. The highest BCUT2D eigenvalue weighted by Gasteiger charge is 2.21. The van der Waals surface area contributed by atoms with Crippen molar-refractivity contribution in [3.63, 3.8) is 0 Å². The zero-order valence-corrected chi connectivity index (χ0v) is 10.9. The molecule has 1 N–H and O–H groups in total. The van der Waals surface area contributed by atoms with Crippen LogP contribution in [0.2, 0.25) is 0 Å². The van der Waals surface area contributed by atoms with E-state index in [1.54, 1.807) is 5.57 Å². The smallest absolute Gasteiger partial charge is 0.0343 e. The predicted molar refractivity (Wildman–Crippen MR) is 74.3 cm³/mol. The maximum Gasteiger partial charge on any atom is 0.0343 e. The minimum atomic E-state index is 0.498. The molecule has 0 heterocycles. The number of allylic oxidation sites excluding steroid dienone is 1. The molecule has 0 saturated carbocycles. The van der Waals surface area contributed by atoms with Crippen LogP contribution in [-0.2, 0) is 0 Å². The van der Waals surface area contributed by atoms with Gasteiger partial charge in [-0.3, -0.25) is 0 Å². The molecular formula is C16H23N. The second-order valence-corrected chi connectivity index (χ2v) is 4.99. The fraction of sp³-hybridized carbons (Fsp3) is 0.500. The average Bonchev–Trinajstić information content (AvgIpc) is 2.42. The van der Waals surface area contributed by atoms with Crippen molar-refractivity contribution in [1.29, 1.82) is 0 Å². The molecule has 1 nitrogen and oxygen atoms in total. The Morgan fingerprint density at radius 3 is 2.47 bits per heavy atom. The second-order valence-electron chi connectivity index (χ2n) is 4.99. The molecule has 1 aliphatic rings. The van der Waals surface area contributed by atoms with Gasteiger partial charge in [-0.1, -0.05) is 48.9 Å². The lowest BCUT2D eigenvalue weighted by atomic mass is 9.84. The van der Waals surface area contributed by atoms with Crippen LogP contribution in [-0.4, -0.2) is 13.1 Å². The van der Waals surface area contributed by atoms with Gasteiger partial charge in [0, 0.05) is 12.0 Å². The molecule has 0 aromatic heterocycles. The summed E-state index contributed by atoms with van der Waals surface area (Å²) in [5.74, 6) is 0.547. The molecule has 2 rings (SSSR count). The molecule has 0 amide bonds. The molecule has 1 aromatic rings. The molecular weight excluding hydrogens is 206 g/mol. The normalized spacial score (nSPS) is 19.5. The van der Waals surface area contributed by atoms with E-state index in [-0.39, 0.29) is 0 Å². The molecule has 1 aliphatic carbocycles. The van der Waals surface area contributed by atoms with E-state index in [9.17, 15) is 0 Å². The van der Waals surface area contributed by atoms with Crippen LogP contribution in [0.3, 0.4) is 0 Å². The first-order valence-corrected chi connectivity index (χ1v) is 6.74. The van der Waals surface area contributed by atoms with Crippen molar-refractivity contribution in [1.82, 2.24) is 5.32 Å². The van der Waals surface area contributed by atoms with Crippen molar-refractivity contribution >= 4 is 0 Å². The third-order valence-corrected chi connectivity index (χ3v) is 3.86. The van der Waals surface area contributed by atoms with Crippen molar-refractivity contribution < 1.29 is 0 Å². The first-order valence-electron chi connectivity index (χ1n) is 6.74. The van der Waals surface area contributed by atoms with Crippen LogP contribution in [0.15, 0.2) is 42.0 Å². The van der Waals surface area contributed by atoms with Crippen molar-refractivity contribution in [2.75, 3.05) is 7.05 Å². The number of nitrogens with one attached hydrogen (secondary N) is 1. The van der Waals surface area contributed by atoms with Gasteiger partial charge >= 0.3 is 0 Å². The lowest BCUT2D eigenvalue weighted by Gasteiger charge is -2.28. The highest BCUT2D eigenvalue weighted by atomic mass is 14.9. The fourth-order valence-electron chi connectivity index (χ4n) is 2.85. The molecule has 0 fully saturated rings. The van der Waals surface area contributed by atoms with Crippen LogP contribution in [0.1, 0.15) is 44.1 Å². The minimum absolute atomic E-state index is 0.498. The minimum Gasteiger partial charge on any atom is -0.313 e. The van der Waals surface area contributed by atoms with Crippen molar-refractivity contribution in [2.24, 2.45) is 0 Å². The first kappa shape index (κ1) is 12.4. The van der Waals surface area contributed by atoms with Gasteiger partial charge in [0.1, 0.15) is 0 Å². The van der Waals surface area contributed by atoms with E-state index in [1.807, 2.05) is 0 Å². The van der Waals surface area contributed by atoms with E-state index in [1.165, 1.54) is 31.2 Å². The zero-order valence-electron chi connectivity index (χ0n) is 10.9. The van der Waals surface area contributed by atoms with Gasteiger partial charge in [0.05, 0.1) is 0 Å². The quantitative estimate of drug-likeness (QED) is 0.773. The Hall–Kier alpha value is -1.08. The van der Waals surface area contributed by atoms with Gasteiger partial charge in [0.25, 0.3) is 0 Å². The molecule has 17 heavy (non-hydrogen) atoms. The number of benzene rings is 1. The number of rotatable bonds is 4. The standard InChI is InChI=1S/C16H23N/c1-13(14-9-5-3-6-10-14)16(17-2)15-11-7-4-8-12-15/h3,5-6,9-11,13,16-17H,4,7-8,12H2,1-2H3. The van der Waals surface area contributed by atoms with Gasteiger partial charge < -0.3 is 5.32 Å². The van der Waals surface area contributed by atoms with E-state index in [4.69, 9.17) is 0 Å². The highest BCUT2D eigenvalue weighted by Crippen LogP contribution is 2.29. The van der Waals surface area contributed by atoms with Crippen molar-refractivity contribution in [2.45, 2.75) is 44.6 Å². The Morgan fingerprint density at radius 1 is 1.12 bits per heavy atom. The molecule has 0 spiro atoms. The second kappa shape index (κ2) is 6.02. The molecule has 1 heteroatoms. The molecule has 0 saturated heterocycles. The predicted octanol–water partition coefficient (Wildman–Crippen LogP) is 3.88. The SMILES string of the molecule is CNC(C1=CCCCC1)C(C)c1ccccc1. The van der Waals surface area contributed by atoms with Crippen molar-refractivity contribution in [3.8, 4) is 0 Å². The fourth-order valence-corrected chi connectivity index (χ4v) is 2.85. The molecule has 2 atom stereocenters. The molecule has 0 radical (unpaired) electrons. The topological polar surface area (TPSA) is 12.0 Å². The Kier molecular flexibility index (Phi) is 4.38. The van der Waals surface area contributed by atoms with E-state index in [0.29, 0.717) is 12.0 Å². The van der Waals surface area contributed by atoms with Crippen LogP contribution in [0.5, 0.6) is 0 Å². The molecule has 0 bridgehead atoms. The van der Waals surface area contributed by atoms with Gasteiger partial charge in [-0.05, 0) is 38.3 Å². The Balaban J connectivity index is 2.15. The molecule has 2 unspecified atom stereocenters. The van der Waals surface area contributed by atoms with Crippen LogP contribution < -0.4 is 5.32 Å². The summed E-state index contributed by atoms with van der Waals surface area (Å²) in [5, 5.41) is 3.50. The molecule has 1 aromatic carbocycles. The van der Waals surface area contributed by atoms with Crippen LogP contribution >= 0.6 is 0 Å². The maximum absolute atomic E-state index is 3.50. The van der Waals surface area contributed by atoms with E-state index in [2.05, 4.69) is 55.7 Å². The van der Waals surface area contributed by atoms with E-state index in [0.717, 1.165) is 0 Å². The van der Waals surface area contributed by atoms with Gasteiger partial charge in [0.15, 0.2) is 0 Å². The monoisotopic (exact) mass is 229 g/mol. The van der Waals surface area contributed by atoms with Gasteiger partial charge in [-0.25, -0.2) is 0 Å². The Bertz CT molecular complexity index is 366. The third-order valence-electron chi connectivity index (χ3n) is 3.86.